The quantitative estimate of drug-likeness (QED) is 0.514. The number of benzene rings is 1. The van der Waals surface area contributed by atoms with Crippen LogP contribution in [0.3, 0.4) is 0 Å². The molecular formula is C15H20N4S. The first-order valence-corrected chi connectivity index (χ1v) is 7.31. The van der Waals surface area contributed by atoms with Crippen molar-refractivity contribution in [1.29, 1.82) is 0 Å². The molecule has 0 saturated carbocycles. The molecule has 0 aliphatic heterocycles. The van der Waals surface area contributed by atoms with E-state index in [1.54, 1.807) is 11.8 Å². The van der Waals surface area contributed by atoms with E-state index in [9.17, 15) is 0 Å². The number of hydrazine groups is 1. The average Bonchev–Trinajstić information content (AvgIpc) is 2.37. The Morgan fingerprint density at radius 3 is 2.30 bits per heavy atom. The van der Waals surface area contributed by atoms with Gasteiger partial charge >= 0.3 is 0 Å². The van der Waals surface area contributed by atoms with Crippen LogP contribution < -0.4 is 11.3 Å². The van der Waals surface area contributed by atoms with Crippen molar-refractivity contribution >= 4 is 17.6 Å². The Morgan fingerprint density at radius 2 is 1.75 bits per heavy atom. The lowest BCUT2D eigenvalue weighted by molar-refractivity contribution is 0.590. The molecule has 1 aromatic heterocycles. The van der Waals surface area contributed by atoms with Gasteiger partial charge in [0.1, 0.15) is 16.7 Å². The number of nitrogens with one attached hydrogen (secondary N) is 1. The number of anilines is 1. The van der Waals surface area contributed by atoms with E-state index in [1.165, 1.54) is 5.56 Å². The zero-order valence-electron chi connectivity index (χ0n) is 12.3. The first-order valence-electron chi connectivity index (χ1n) is 6.49. The third-order valence-electron chi connectivity index (χ3n) is 2.91. The minimum atomic E-state index is 0.172. The minimum Gasteiger partial charge on any atom is -0.308 e. The third-order valence-corrected chi connectivity index (χ3v) is 3.83. The van der Waals surface area contributed by atoms with Gasteiger partial charge < -0.3 is 5.43 Å². The summed E-state index contributed by atoms with van der Waals surface area (Å²) in [5.74, 6) is 6.73. The van der Waals surface area contributed by atoms with Crippen LogP contribution in [0.4, 0.5) is 5.82 Å². The summed E-state index contributed by atoms with van der Waals surface area (Å²) >= 11 is 1.60. The maximum absolute atomic E-state index is 5.40. The van der Waals surface area contributed by atoms with Crippen LogP contribution in [0.5, 0.6) is 0 Å². The number of nitrogens with two attached hydrogens (primary N) is 1. The largest absolute Gasteiger partial charge is 0.308 e. The summed E-state index contributed by atoms with van der Waals surface area (Å²) in [7, 11) is 0. The molecule has 5 heteroatoms. The lowest BCUT2D eigenvalue weighted by atomic mass is 9.87. The van der Waals surface area contributed by atoms with E-state index in [2.05, 4.69) is 60.4 Å². The van der Waals surface area contributed by atoms with Gasteiger partial charge in [0.25, 0.3) is 0 Å². The highest BCUT2D eigenvalue weighted by atomic mass is 32.2. The fraction of sp³-hybridized carbons (Fsp3) is 0.333. The Labute approximate surface area is 124 Å². The normalized spacial score (nSPS) is 11.4. The number of hydrogen-bond acceptors (Lipinski definition) is 5. The summed E-state index contributed by atoms with van der Waals surface area (Å²) in [6, 6.07) is 10.4. The van der Waals surface area contributed by atoms with E-state index in [0.29, 0.717) is 11.6 Å². The predicted molar refractivity (Wildman–Crippen MR) is 83.8 cm³/mol. The molecule has 2 aromatic rings. The summed E-state index contributed by atoms with van der Waals surface area (Å²) in [5.41, 5.74) is 4.05. The van der Waals surface area contributed by atoms with Gasteiger partial charge in [0.15, 0.2) is 0 Å². The maximum atomic E-state index is 5.40. The van der Waals surface area contributed by atoms with Gasteiger partial charge in [0.2, 0.25) is 0 Å². The van der Waals surface area contributed by atoms with Gasteiger partial charge in [-0.1, -0.05) is 44.7 Å². The summed E-state index contributed by atoms with van der Waals surface area (Å²) in [6.07, 6.45) is 0. The molecule has 1 aromatic carbocycles. The van der Waals surface area contributed by atoms with Crippen molar-refractivity contribution in [2.75, 3.05) is 5.43 Å². The second-order valence-electron chi connectivity index (χ2n) is 5.66. The molecule has 0 spiro atoms. The number of hydrogen-bond donors (Lipinski definition) is 2. The molecule has 0 amide bonds. The molecular weight excluding hydrogens is 268 g/mol. The van der Waals surface area contributed by atoms with Crippen molar-refractivity contribution < 1.29 is 0 Å². The molecule has 0 aliphatic rings. The molecule has 4 nitrogen and oxygen atoms in total. The Balaban J connectivity index is 2.20. The second-order valence-corrected chi connectivity index (χ2v) is 6.75. The molecule has 20 heavy (non-hydrogen) atoms. The first kappa shape index (κ1) is 14.8. The van der Waals surface area contributed by atoms with Gasteiger partial charge in [0, 0.05) is 11.0 Å². The van der Waals surface area contributed by atoms with E-state index >= 15 is 0 Å². The highest BCUT2D eigenvalue weighted by Gasteiger charge is 2.13. The number of nitrogen functional groups attached to an aromatic ring is 1. The van der Waals surface area contributed by atoms with E-state index < -0.39 is 0 Å². The molecule has 0 unspecified atom stereocenters. The van der Waals surface area contributed by atoms with Crippen molar-refractivity contribution in [3.63, 3.8) is 0 Å². The molecule has 0 radical (unpaired) electrons. The molecule has 0 atom stereocenters. The fourth-order valence-corrected chi connectivity index (χ4v) is 2.67. The van der Waals surface area contributed by atoms with E-state index in [4.69, 9.17) is 5.84 Å². The van der Waals surface area contributed by atoms with Gasteiger partial charge in [-0.3, -0.25) is 0 Å². The van der Waals surface area contributed by atoms with Crippen LogP contribution >= 0.6 is 11.8 Å². The van der Waals surface area contributed by atoms with Gasteiger partial charge in [-0.05, 0) is 30.0 Å². The van der Waals surface area contributed by atoms with Crippen molar-refractivity contribution in [3.05, 3.63) is 41.7 Å². The van der Waals surface area contributed by atoms with Crippen molar-refractivity contribution in [2.24, 2.45) is 5.84 Å². The minimum absolute atomic E-state index is 0.172. The number of nitrogens with zero attached hydrogens (tertiary/aromatic N) is 2. The zero-order valence-corrected chi connectivity index (χ0v) is 13.1. The van der Waals surface area contributed by atoms with Crippen LogP contribution in [0.25, 0.3) is 0 Å². The number of aryl methyl sites for hydroxylation is 1. The molecule has 0 fully saturated rings. The molecule has 2 rings (SSSR count). The zero-order chi connectivity index (χ0) is 14.8. The van der Waals surface area contributed by atoms with Crippen molar-refractivity contribution in [3.8, 4) is 0 Å². The summed E-state index contributed by atoms with van der Waals surface area (Å²) in [4.78, 5) is 9.74. The number of aromatic nitrogens is 2. The first-order chi connectivity index (χ1) is 9.38. The van der Waals surface area contributed by atoms with Crippen LogP contribution in [0.2, 0.25) is 0 Å². The second kappa shape index (κ2) is 5.81. The Kier molecular flexibility index (Phi) is 4.30. The average molecular weight is 288 g/mol. The Hall–Kier alpha value is -1.59. The van der Waals surface area contributed by atoms with Crippen LogP contribution in [0.1, 0.15) is 32.2 Å². The Morgan fingerprint density at radius 1 is 1.10 bits per heavy atom. The predicted octanol–water partition coefficient (Wildman–Crippen LogP) is 3.52. The SMILES string of the molecule is Cc1nc(NN)cc(Sc2ccc(C(C)(C)C)cc2)n1. The Bertz CT molecular complexity index is 588. The van der Waals surface area contributed by atoms with Crippen LogP contribution in [-0.2, 0) is 5.41 Å². The fourth-order valence-electron chi connectivity index (χ4n) is 1.81. The van der Waals surface area contributed by atoms with Crippen LogP contribution in [0.15, 0.2) is 40.3 Å². The topological polar surface area (TPSA) is 63.8 Å². The molecule has 0 saturated heterocycles. The molecule has 1 heterocycles. The highest BCUT2D eigenvalue weighted by Crippen LogP contribution is 2.30. The van der Waals surface area contributed by atoms with Crippen LogP contribution in [0, 0.1) is 6.92 Å². The number of rotatable bonds is 3. The molecule has 106 valence electrons. The monoisotopic (exact) mass is 288 g/mol. The molecule has 3 N–H and O–H groups in total. The van der Waals surface area contributed by atoms with E-state index in [0.717, 1.165) is 9.92 Å². The molecule has 0 aliphatic carbocycles. The lowest BCUT2D eigenvalue weighted by Gasteiger charge is -2.19. The summed E-state index contributed by atoms with van der Waals surface area (Å²) in [5, 5.41) is 0.883. The van der Waals surface area contributed by atoms with Gasteiger partial charge in [-0.2, -0.15) is 0 Å². The lowest BCUT2D eigenvalue weighted by Crippen LogP contribution is -2.10. The summed E-state index contributed by atoms with van der Waals surface area (Å²) < 4.78 is 0. The van der Waals surface area contributed by atoms with Gasteiger partial charge in [-0.15, -0.1) is 0 Å². The van der Waals surface area contributed by atoms with E-state index in [1.807, 2.05) is 13.0 Å². The van der Waals surface area contributed by atoms with Gasteiger partial charge in [-0.25, -0.2) is 15.8 Å². The highest BCUT2D eigenvalue weighted by molar-refractivity contribution is 7.99. The van der Waals surface area contributed by atoms with Crippen LogP contribution in [-0.4, -0.2) is 9.97 Å². The van der Waals surface area contributed by atoms with E-state index in [-0.39, 0.29) is 5.41 Å². The third kappa shape index (κ3) is 3.71. The molecule has 0 bridgehead atoms. The maximum Gasteiger partial charge on any atom is 0.144 e. The van der Waals surface area contributed by atoms with Crippen molar-refractivity contribution in [1.82, 2.24) is 9.97 Å². The summed E-state index contributed by atoms with van der Waals surface area (Å²) in [6.45, 7) is 8.49. The van der Waals surface area contributed by atoms with Crippen molar-refractivity contribution in [2.45, 2.75) is 43.0 Å². The standard InChI is InChI=1S/C15H20N4S/c1-10-17-13(19-16)9-14(18-10)20-12-7-5-11(6-8-12)15(2,3)4/h5-9H,16H2,1-4H3,(H,17,18,19). The smallest absolute Gasteiger partial charge is 0.144 e. The van der Waals surface area contributed by atoms with Gasteiger partial charge in [0.05, 0.1) is 0 Å².